The number of nitrogens with two attached hydrogens (primary N) is 1. The number of thiophene rings is 1. The molecule has 30 heavy (non-hydrogen) atoms. The lowest BCUT2D eigenvalue weighted by Gasteiger charge is -2.38. The Morgan fingerprint density at radius 2 is 2.17 bits per heavy atom. The Balaban J connectivity index is 1.43. The summed E-state index contributed by atoms with van der Waals surface area (Å²) in [5, 5.41) is 2.87. The van der Waals surface area contributed by atoms with E-state index in [4.69, 9.17) is 5.73 Å². The minimum atomic E-state index is -0.500. The summed E-state index contributed by atoms with van der Waals surface area (Å²) in [4.78, 5) is 34.3. The number of nitrogen functional groups attached to an aromatic ring is 1. The van der Waals surface area contributed by atoms with Gasteiger partial charge in [0, 0.05) is 57.7 Å². The van der Waals surface area contributed by atoms with Crippen LogP contribution in [0.2, 0.25) is 0 Å². The molecule has 3 aromatic rings. The van der Waals surface area contributed by atoms with E-state index in [1.54, 1.807) is 46.4 Å². The first kappa shape index (κ1) is 20.6. The first-order valence-corrected chi connectivity index (χ1v) is 11.2. The van der Waals surface area contributed by atoms with Gasteiger partial charge in [-0.3, -0.25) is 14.6 Å². The molecule has 2 amide bonds. The zero-order valence-electron chi connectivity index (χ0n) is 16.4. The molecule has 3 heterocycles. The molecule has 6 nitrogen and oxygen atoms in total. The van der Waals surface area contributed by atoms with E-state index in [1.807, 2.05) is 29.6 Å². The van der Waals surface area contributed by atoms with E-state index in [0.717, 1.165) is 25.8 Å². The second kappa shape index (κ2) is 8.57. The fourth-order valence-corrected chi connectivity index (χ4v) is 4.92. The van der Waals surface area contributed by atoms with Gasteiger partial charge in [0.15, 0.2) is 0 Å². The van der Waals surface area contributed by atoms with Crippen LogP contribution in [0.3, 0.4) is 0 Å². The van der Waals surface area contributed by atoms with Gasteiger partial charge >= 0.3 is 0 Å². The number of halogens is 1. The maximum atomic E-state index is 12.9. The van der Waals surface area contributed by atoms with E-state index < -0.39 is 6.04 Å². The minimum Gasteiger partial charge on any atom is -0.398 e. The standard InChI is InChI=1S/C22H21BrN4O2S/c1-14-22(29)26(12-15-2-4-18-19(24)6-7-25-20(18)10-15)8-9-27(14)21(28)5-3-17-11-16(23)13-30-17/h2-7,10-11,13-14H,8-9,12H2,1H3,(H2,24,25). The summed E-state index contributed by atoms with van der Waals surface area (Å²) >= 11 is 4.95. The molecule has 1 fully saturated rings. The Labute approximate surface area is 187 Å². The van der Waals surface area contributed by atoms with Crippen molar-refractivity contribution in [2.24, 2.45) is 0 Å². The zero-order valence-corrected chi connectivity index (χ0v) is 18.8. The van der Waals surface area contributed by atoms with Crippen LogP contribution in [-0.2, 0) is 16.1 Å². The number of anilines is 1. The van der Waals surface area contributed by atoms with Crippen molar-refractivity contribution in [1.82, 2.24) is 14.8 Å². The Morgan fingerprint density at radius 3 is 2.93 bits per heavy atom. The first-order chi connectivity index (χ1) is 14.4. The van der Waals surface area contributed by atoms with Crippen molar-refractivity contribution in [3.63, 3.8) is 0 Å². The SMILES string of the molecule is CC1C(=O)N(Cc2ccc3c(N)ccnc3c2)CCN1C(=O)C=Cc1cc(Br)cs1. The minimum absolute atomic E-state index is 0.0532. The molecule has 0 spiro atoms. The van der Waals surface area contributed by atoms with Crippen molar-refractivity contribution in [3.05, 3.63) is 62.9 Å². The fourth-order valence-electron chi connectivity index (χ4n) is 3.59. The van der Waals surface area contributed by atoms with Crippen molar-refractivity contribution in [2.45, 2.75) is 19.5 Å². The number of carbonyl (C=O) groups excluding carboxylic acids is 2. The van der Waals surface area contributed by atoms with Crippen LogP contribution in [0.25, 0.3) is 17.0 Å². The molecule has 1 saturated heterocycles. The van der Waals surface area contributed by atoms with Crippen molar-refractivity contribution in [3.8, 4) is 0 Å². The molecule has 0 aliphatic carbocycles. The maximum absolute atomic E-state index is 12.9. The van der Waals surface area contributed by atoms with Crippen LogP contribution in [0.4, 0.5) is 5.69 Å². The topological polar surface area (TPSA) is 79.5 Å². The van der Waals surface area contributed by atoms with Crippen LogP contribution in [0, 0.1) is 0 Å². The van der Waals surface area contributed by atoms with Gasteiger partial charge in [-0.05, 0) is 52.7 Å². The molecule has 1 aliphatic heterocycles. The Bertz CT molecular complexity index is 1140. The van der Waals surface area contributed by atoms with Gasteiger partial charge in [0.1, 0.15) is 6.04 Å². The molecule has 0 radical (unpaired) electrons. The summed E-state index contributed by atoms with van der Waals surface area (Å²) in [6.45, 7) is 3.26. The molecular formula is C22H21BrN4O2S. The van der Waals surface area contributed by atoms with Gasteiger partial charge in [0.05, 0.1) is 5.52 Å². The van der Waals surface area contributed by atoms with Gasteiger partial charge in [-0.25, -0.2) is 0 Å². The number of hydrogen-bond donors (Lipinski definition) is 1. The van der Waals surface area contributed by atoms with E-state index in [-0.39, 0.29) is 11.8 Å². The largest absolute Gasteiger partial charge is 0.398 e. The summed E-state index contributed by atoms with van der Waals surface area (Å²) < 4.78 is 0.989. The predicted octanol–water partition coefficient (Wildman–Crippen LogP) is 3.91. The van der Waals surface area contributed by atoms with Gasteiger partial charge in [-0.15, -0.1) is 11.3 Å². The van der Waals surface area contributed by atoms with Gasteiger partial charge in [-0.1, -0.05) is 12.1 Å². The number of carbonyl (C=O) groups is 2. The van der Waals surface area contributed by atoms with Crippen LogP contribution in [0.15, 0.2) is 52.5 Å². The lowest BCUT2D eigenvalue weighted by molar-refractivity contribution is -0.148. The Hall–Kier alpha value is -2.71. The van der Waals surface area contributed by atoms with E-state index in [2.05, 4.69) is 20.9 Å². The van der Waals surface area contributed by atoms with E-state index in [9.17, 15) is 9.59 Å². The molecular weight excluding hydrogens is 464 g/mol. The molecule has 2 aromatic heterocycles. The molecule has 1 aromatic carbocycles. The predicted molar refractivity (Wildman–Crippen MR) is 124 cm³/mol. The van der Waals surface area contributed by atoms with Crippen molar-refractivity contribution in [1.29, 1.82) is 0 Å². The van der Waals surface area contributed by atoms with Crippen LogP contribution in [0.5, 0.6) is 0 Å². The Morgan fingerprint density at radius 1 is 1.33 bits per heavy atom. The number of benzene rings is 1. The third kappa shape index (κ3) is 4.24. The summed E-state index contributed by atoms with van der Waals surface area (Å²) in [6.07, 6.45) is 5.01. The summed E-state index contributed by atoms with van der Waals surface area (Å²) in [7, 11) is 0. The number of hydrogen-bond acceptors (Lipinski definition) is 5. The molecule has 1 atom stereocenters. The normalized spacial score (nSPS) is 17.3. The van der Waals surface area contributed by atoms with Crippen molar-refractivity contribution in [2.75, 3.05) is 18.8 Å². The average Bonchev–Trinajstić information content (AvgIpc) is 3.15. The third-order valence-corrected chi connectivity index (χ3v) is 6.88. The molecule has 2 N–H and O–H groups in total. The number of amides is 2. The number of pyridine rings is 1. The van der Waals surface area contributed by atoms with E-state index in [1.165, 1.54) is 6.08 Å². The second-order valence-electron chi connectivity index (χ2n) is 7.22. The molecule has 1 aliphatic rings. The van der Waals surface area contributed by atoms with Gasteiger partial charge in [-0.2, -0.15) is 0 Å². The molecule has 154 valence electrons. The van der Waals surface area contributed by atoms with Crippen molar-refractivity contribution < 1.29 is 9.59 Å². The highest BCUT2D eigenvalue weighted by Gasteiger charge is 2.33. The third-order valence-electron chi connectivity index (χ3n) is 5.22. The van der Waals surface area contributed by atoms with Crippen molar-refractivity contribution >= 4 is 61.7 Å². The van der Waals surface area contributed by atoms with E-state index >= 15 is 0 Å². The fraction of sp³-hybridized carbons (Fsp3) is 0.227. The summed E-state index contributed by atoms with van der Waals surface area (Å²) in [6, 6.07) is 9.09. The monoisotopic (exact) mass is 484 g/mol. The quantitative estimate of drug-likeness (QED) is 0.569. The molecule has 0 saturated carbocycles. The number of fused-ring (bicyclic) bond motifs is 1. The van der Waals surface area contributed by atoms with Crippen LogP contribution in [-0.4, -0.2) is 45.7 Å². The summed E-state index contributed by atoms with van der Waals surface area (Å²) in [5.74, 6) is -0.201. The smallest absolute Gasteiger partial charge is 0.247 e. The van der Waals surface area contributed by atoms with E-state index in [0.29, 0.717) is 25.3 Å². The maximum Gasteiger partial charge on any atom is 0.247 e. The van der Waals surface area contributed by atoms with Crippen LogP contribution >= 0.6 is 27.3 Å². The number of piperazine rings is 1. The average molecular weight is 485 g/mol. The Kier molecular flexibility index (Phi) is 5.87. The number of rotatable bonds is 4. The number of aromatic nitrogens is 1. The van der Waals surface area contributed by atoms with Crippen LogP contribution < -0.4 is 5.73 Å². The molecule has 4 rings (SSSR count). The molecule has 0 bridgehead atoms. The lowest BCUT2D eigenvalue weighted by atomic mass is 10.1. The zero-order chi connectivity index (χ0) is 21.3. The van der Waals surface area contributed by atoms with Crippen LogP contribution in [0.1, 0.15) is 17.4 Å². The van der Waals surface area contributed by atoms with Gasteiger partial charge in [0.25, 0.3) is 0 Å². The molecule has 1 unspecified atom stereocenters. The highest BCUT2D eigenvalue weighted by molar-refractivity contribution is 9.10. The van der Waals surface area contributed by atoms with Gasteiger partial charge < -0.3 is 15.5 Å². The summed E-state index contributed by atoms with van der Waals surface area (Å²) in [5.41, 5.74) is 8.48. The lowest BCUT2D eigenvalue weighted by Crippen LogP contribution is -2.56. The van der Waals surface area contributed by atoms with Gasteiger partial charge in [0.2, 0.25) is 11.8 Å². The first-order valence-electron chi connectivity index (χ1n) is 9.57. The molecule has 8 heteroatoms. The highest BCUT2D eigenvalue weighted by Crippen LogP contribution is 2.23. The number of nitrogens with zero attached hydrogens (tertiary/aromatic N) is 3. The highest BCUT2D eigenvalue weighted by atomic mass is 79.9. The second-order valence-corrected chi connectivity index (χ2v) is 9.08.